The summed E-state index contributed by atoms with van der Waals surface area (Å²) < 4.78 is 12.0. The Labute approximate surface area is 135 Å². The van der Waals surface area contributed by atoms with Gasteiger partial charge in [-0.25, -0.2) is 0 Å². The van der Waals surface area contributed by atoms with E-state index in [0.717, 1.165) is 47.4 Å². The van der Waals surface area contributed by atoms with E-state index in [0.29, 0.717) is 6.42 Å². The lowest BCUT2D eigenvalue weighted by Crippen LogP contribution is -2.47. The Kier molecular flexibility index (Phi) is 5.69. The molecule has 2 rings (SSSR count). The average molecular weight is 357 g/mol. The van der Waals surface area contributed by atoms with Gasteiger partial charge < -0.3 is 14.6 Å². The molecular formula is C17H25BrO3. The van der Waals surface area contributed by atoms with E-state index in [9.17, 15) is 5.11 Å². The van der Waals surface area contributed by atoms with Crippen LogP contribution in [0.2, 0.25) is 0 Å². The zero-order chi connectivity index (χ0) is 15.5. The number of aliphatic hydroxyl groups is 1. The summed E-state index contributed by atoms with van der Waals surface area (Å²) in [6, 6.07) is 5.85. The molecular weight excluding hydrogens is 332 g/mol. The molecule has 1 unspecified atom stereocenters. The fourth-order valence-electron chi connectivity index (χ4n) is 3.15. The lowest BCUT2D eigenvalue weighted by Gasteiger charge is -2.42. The zero-order valence-electron chi connectivity index (χ0n) is 13.1. The molecule has 118 valence electrons. The molecule has 3 nitrogen and oxygen atoms in total. The van der Waals surface area contributed by atoms with Crippen LogP contribution in [0.25, 0.3) is 0 Å². The molecule has 1 aliphatic rings. The number of aliphatic hydroxyl groups excluding tert-OH is 1. The van der Waals surface area contributed by atoms with Crippen molar-refractivity contribution in [2.75, 3.05) is 14.2 Å². The molecule has 1 aromatic carbocycles. The van der Waals surface area contributed by atoms with Gasteiger partial charge >= 0.3 is 0 Å². The third-order valence-electron chi connectivity index (χ3n) is 4.80. The van der Waals surface area contributed by atoms with E-state index >= 15 is 0 Å². The molecule has 1 aliphatic carbocycles. The van der Waals surface area contributed by atoms with Gasteiger partial charge in [-0.15, -0.1) is 0 Å². The molecule has 0 heterocycles. The highest BCUT2D eigenvalue weighted by Crippen LogP contribution is 2.38. The highest BCUT2D eigenvalue weighted by Gasteiger charge is 2.40. The lowest BCUT2D eigenvalue weighted by atomic mass is 9.75. The Hall–Kier alpha value is -0.580. The molecule has 0 aromatic heterocycles. The quantitative estimate of drug-likeness (QED) is 0.867. The second-order valence-corrected chi connectivity index (χ2v) is 6.98. The maximum Gasteiger partial charge on any atom is 0.119 e. The van der Waals surface area contributed by atoms with Gasteiger partial charge in [-0.05, 0) is 55.4 Å². The summed E-state index contributed by atoms with van der Waals surface area (Å²) in [5.74, 6) is 1.54. The third-order valence-corrected chi connectivity index (χ3v) is 5.57. The van der Waals surface area contributed by atoms with E-state index in [1.807, 2.05) is 18.2 Å². The Morgan fingerprint density at radius 2 is 2.00 bits per heavy atom. The van der Waals surface area contributed by atoms with Crippen LogP contribution in [0, 0.1) is 5.92 Å². The molecule has 0 amide bonds. The van der Waals surface area contributed by atoms with Crippen molar-refractivity contribution in [2.45, 2.75) is 50.7 Å². The Morgan fingerprint density at radius 3 is 2.57 bits per heavy atom. The van der Waals surface area contributed by atoms with E-state index in [2.05, 4.69) is 22.9 Å². The number of benzene rings is 1. The molecule has 1 aromatic rings. The lowest BCUT2D eigenvalue weighted by molar-refractivity contribution is -0.127. The summed E-state index contributed by atoms with van der Waals surface area (Å²) in [7, 11) is 3.38. The first-order valence-corrected chi connectivity index (χ1v) is 8.35. The number of hydrogen-bond acceptors (Lipinski definition) is 3. The van der Waals surface area contributed by atoms with E-state index in [1.54, 1.807) is 14.2 Å². The van der Waals surface area contributed by atoms with Crippen LogP contribution in [0.15, 0.2) is 22.7 Å². The van der Waals surface area contributed by atoms with Crippen LogP contribution < -0.4 is 4.74 Å². The van der Waals surface area contributed by atoms with Crippen molar-refractivity contribution >= 4 is 15.9 Å². The molecule has 4 heteroatoms. The predicted octanol–water partition coefficient (Wildman–Crippen LogP) is 3.96. The molecule has 1 fully saturated rings. The monoisotopic (exact) mass is 356 g/mol. The van der Waals surface area contributed by atoms with Crippen LogP contribution in [0.4, 0.5) is 0 Å². The normalized spacial score (nSPS) is 27.4. The van der Waals surface area contributed by atoms with Gasteiger partial charge in [-0.1, -0.05) is 22.9 Å². The minimum Gasteiger partial charge on any atom is -0.497 e. The molecule has 0 aliphatic heterocycles. The maximum absolute atomic E-state index is 10.8. The van der Waals surface area contributed by atoms with Gasteiger partial charge in [0, 0.05) is 18.0 Å². The Bertz CT molecular complexity index is 467. The van der Waals surface area contributed by atoms with Gasteiger partial charge in [0.2, 0.25) is 0 Å². The Balaban J connectivity index is 2.14. The number of hydrogen-bond donors (Lipinski definition) is 1. The molecule has 0 spiro atoms. The van der Waals surface area contributed by atoms with Crippen molar-refractivity contribution < 1.29 is 14.6 Å². The van der Waals surface area contributed by atoms with E-state index in [-0.39, 0.29) is 0 Å². The summed E-state index contributed by atoms with van der Waals surface area (Å²) in [5, 5.41) is 10.8. The van der Waals surface area contributed by atoms with Gasteiger partial charge in [0.05, 0.1) is 18.8 Å². The summed E-state index contributed by atoms with van der Waals surface area (Å²) in [4.78, 5) is 0. The summed E-state index contributed by atoms with van der Waals surface area (Å²) >= 11 is 3.55. The maximum atomic E-state index is 10.8. The fourth-order valence-corrected chi connectivity index (χ4v) is 3.56. The molecule has 1 atom stereocenters. The summed E-state index contributed by atoms with van der Waals surface area (Å²) in [6.07, 6.45) is 4.15. The molecule has 0 radical (unpaired) electrons. The van der Waals surface area contributed by atoms with E-state index in [4.69, 9.17) is 9.47 Å². The van der Waals surface area contributed by atoms with Crippen molar-refractivity contribution in [3.05, 3.63) is 28.2 Å². The zero-order valence-corrected chi connectivity index (χ0v) is 14.6. The minimum absolute atomic E-state index is 0.408. The Morgan fingerprint density at radius 1 is 1.33 bits per heavy atom. The number of methoxy groups -OCH3 is 2. The second-order valence-electron chi connectivity index (χ2n) is 6.13. The first-order chi connectivity index (χ1) is 10.0. The SMILES string of the molecule is COc1ccc(Br)c(CC(O)C2(OC)CCC(C)CC2)c1. The summed E-state index contributed by atoms with van der Waals surface area (Å²) in [5.41, 5.74) is 0.645. The van der Waals surface area contributed by atoms with Gasteiger partial charge in [-0.3, -0.25) is 0 Å². The fraction of sp³-hybridized carbons (Fsp3) is 0.647. The number of halogens is 1. The molecule has 21 heavy (non-hydrogen) atoms. The first kappa shape index (κ1) is 16.8. The smallest absolute Gasteiger partial charge is 0.119 e. The largest absolute Gasteiger partial charge is 0.497 e. The van der Waals surface area contributed by atoms with Crippen molar-refractivity contribution in [2.24, 2.45) is 5.92 Å². The highest BCUT2D eigenvalue weighted by molar-refractivity contribution is 9.10. The molecule has 0 bridgehead atoms. The minimum atomic E-state index is -0.501. The van der Waals surface area contributed by atoms with Crippen LogP contribution >= 0.6 is 15.9 Å². The van der Waals surface area contributed by atoms with Gasteiger partial charge in [-0.2, -0.15) is 0 Å². The van der Waals surface area contributed by atoms with E-state index < -0.39 is 11.7 Å². The third kappa shape index (κ3) is 3.79. The number of ether oxygens (including phenoxy) is 2. The van der Waals surface area contributed by atoms with Crippen LogP contribution in [0.5, 0.6) is 5.75 Å². The van der Waals surface area contributed by atoms with E-state index in [1.165, 1.54) is 0 Å². The van der Waals surface area contributed by atoms with Gasteiger partial charge in [0.25, 0.3) is 0 Å². The first-order valence-electron chi connectivity index (χ1n) is 7.56. The molecule has 0 saturated heterocycles. The standard InChI is InChI=1S/C17H25BrO3/c1-12-6-8-17(21-3,9-7-12)16(19)11-13-10-14(20-2)4-5-15(13)18/h4-5,10,12,16,19H,6-9,11H2,1-3H3. The second kappa shape index (κ2) is 7.12. The number of rotatable bonds is 5. The van der Waals surface area contributed by atoms with Crippen molar-refractivity contribution in [3.8, 4) is 5.75 Å². The molecule has 1 N–H and O–H groups in total. The summed E-state index contributed by atoms with van der Waals surface area (Å²) in [6.45, 7) is 2.27. The highest BCUT2D eigenvalue weighted by atomic mass is 79.9. The van der Waals surface area contributed by atoms with Crippen LogP contribution in [0.3, 0.4) is 0 Å². The molecule has 1 saturated carbocycles. The van der Waals surface area contributed by atoms with Crippen molar-refractivity contribution in [1.29, 1.82) is 0 Å². The van der Waals surface area contributed by atoms with Gasteiger partial charge in [0.1, 0.15) is 5.75 Å². The average Bonchev–Trinajstić information content (AvgIpc) is 2.50. The van der Waals surface area contributed by atoms with Gasteiger partial charge in [0.15, 0.2) is 0 Å². The van der Waals surface area contributed by atoms with Crippen LogP contribution in [-0.2, 0) is 11.2 Å². The topological polar surface area (TPSA) is 38.7 Å². The van der Waals surface area contributed by atoms with Crippen LogP contribution in [0.1, 0.15) is 38.2 Å². The van der Waals surface area contributed by atoms with Crippen molar-refractivity contribution in [3.63, 3.8) is 0 Å². The van der Waals surface area contributed by atoms with Crippen molar-refractivity contribution in [1.82, 2.24) is 0 Å². The van der Waals surface area contributed by atoms with Crippen LogP contribution in [-0.4, -0.2) is 31.0 Å². The predicted molar refractivity (Wildman–Crippen MR) is 87.8 cm³/mol.